The molecule has 1 aromatic rings. The van der Waals surface area contributed by atoms with Gasteiger partial charge in [0.15, 0.2) is 0 Å². The lowest BCUT2D eigenvalue weighted by Crippen LogP contribution is -2.09. The molecular weight excluding hydrogens is 208 g/mol. The average Bonchev–Trinajstić information content (AvgIpc) is 2.11. The van der Waals surface area contributed by atoms with Gasteiger partial charge in [-0.25, -0.2) is 0 Å². The number of hydrogen-bond donors (Lipinski definition) is 0. The lowest BCUT2D eigenvalue weighted by atomic mass is 9.88. The van der Waals surface area contributed by atoms with Crippen molar-refractivity contribution in [3.05, 3.63) is 29.8 Å². The Bertz CT molecular complexity index is 392. The molecule has 0 bridgehead atoms. The molecule has 0 fully saturated rings. The van der Waals surface area contributed by atoms with Crippen LogP contribution in [0.15, 0.2) is 34.5 Å². The Labute approximate surface area is 105 Å². The predicted octanol–water partition coefficient (Wildman–Crippen LogP) is 5.16. The van der Waals surface area contributed by atoms with Crippen LogP contribution in [0.1, 0.15) is 47.1 Å². The van der Waals surface area contributed by atoms with E-state index in [1.165, 1.54) is 5.56 Å². The van der Waals surface area contributed by atoms with E-state index in [4.69, 9.17) is 0 Å². The van der Waals surface area contributed by atoms with Crippen molar-refractivity contribution in [1.82, 2.24) is 0 Å². The zero-order valence-electron chi connectivity index (χ0n) is 11.9. The lowest BCUT2D eigenvalue weighted by Gasteiger charge is -2.18. The molecule has 0 saturated carbocycles. The summed E-state index contributed by atoms with van der Waals surface area (Å²) in [7, 11) is 0. The summed E-state index contributed by atoms with van der Waals surface area (Å²) in [6.07, 6.45) is 1.06. The monoisotopic (exact) mass is 232 g/mol. The highest BCUT2D eigenvalue weighted by Gasteiger charge is 2.11. The second-order valence-electron chi connectivity index (χ2n) is 6.78. The molecule has 0 aliphatic rings. The van der Waals surface area contributed by atoms with Gasteiger partial charge in [0, 0.05) is 0 Å². The summed E-state index contributed by atoms with van der Waals surface area (Å²) in [6, 6.07) is 8.33. The molecule has 2 heteroatoms. The third-order valence-corrected chi connectivity index (χ3v) is 2.11. The van der Waals surface area contributed by atoms with Gasteiger partial charge in [-0.05, 0) is 50.3 Å². The average molecular weight is 232 g/mol. The highest BCUT2D eigenvalue weighted by molar-refractivity contribution is 5.39. The second kappa shape index (κ2) is 4.99. The number of benzene rings is 1. The van der Waals surface area contributed by atoms with Crippen LogP contribution in [0.3, 0.4) is 0 Å². The van der Waals surface area contributed by atoms with Gasteiger partial charge in [-0.3, -0.25) is 0 Å². The minimum Gasteiger partial charge on any atom is -0.183 e. The fraction of sp³-hybridized carbons (Fsp3) is 0.600. The summed E-state index contributed by atoms with van der Waals surface area (Å²) in [5, 5.41) is 8.58. The van der Waals surface area contributed by atoms with Crippen molar-refractivity contribution in [2.24, 2.45) is 15.6 Å². The normalized spacial score (nSPS) is 13.3. The van der Waals surface area contributed by atoms with E-state index >= 15 is 0 Å². The molecule has 0 atom stereocenters. The van der Waals surface area contributed by atoms with Crippen molar-refractivity contribution in [3.63, 3.8) is 0 Å². The lowest BCUT2D eigenvalue weighted by molar-refractivity contribution is 0.411. The largest absolute Gasteiger partial charge is 0.183 e. The van der Waals surface area contributed by atoms with Crippen molar-refractivity contribution in [1.29, 1.82) is 0 Å². The van der Waals surface area contributed by atoms with Crippen LogP contribution in [-0.2, 0) is 6.42 Å². The molecule has 0 unspecified atom stereocenters. The molecule has 0 saturated heterocycles. The first kappa shape index (κ1) is 13.9. The Balaban J connectivity index is 2.83. The van der Waals surface area contributed by atoms with Crippen molar-refractivity contribution in [2.45, 2.75) is 53.5 Å². The number of hydrogen-bond acceptors (Lipinski definition) is 2. The van der Waals surface area contributed by atoms with E-state index in [9.17, 15) is 0 Å². The van der Waals surface area contributed by atoms with Gasteiger partial charge in [-0.15, -0.1) is 0 Å². The minimum atomic E-state index is -0.111. The molecule has 1 rings (SSSR count). The molecule has 0 aromatic heterocycles. The molecule has 0 aliphatic heterocycles. The van der Waals surface area contributed by atoms with E-state index in [1.54, 1.807) is 0 Å². The van der Waals surface area contributed by atoms with Gasteiger partial charge in [-0.2, -0.15) is 10.2 Å². The Hall–Kier alpha value is -1.18. The Morgan fingerprint density at radius 1 is 1.00 bits per heavy atom. The maximum Gasteiger partial charge on any atom is 0.0855 e. The predicted molar refractivity (Wildman–Crippen MR) is 73.9 cm³/mol. The molecule has 94 valence electrons. The van der Waals surface area contributed by atoms with Crippen LogP contribution in [-0.4, -0.2) is 5.54 Å². The smallest absolute Gasteiger partial charge is 0.0855 e. The van der Waals surface area contributed by atoms with Crippen LogP contribution >= 0.6 is 0 Å². The highest BCUT2D eigenvalue weighted by Crippen LogP contribution is 2.24. The van der Waals surface area contributed by atoms with E-state index in [2.05, 4.69) is 70.0 Å². The van der Waals surface area contributed by atoms with Crippen LogP contribution in [0.2, 0.25) is 0 Å². The van der Waals surface area contributed by atoms with E-state index in [1.807, 2.05) is 6.07 Å². The topological polar surface area (TPSA) is 24.7 Å². The van der Waals surface area contributed by atoms with Gasteiger partial charge in [0.2, 0.25) is 0 Å². The molecular formula is C15H24N2. The second-order valence-corrected chi connectivity index (χ2v) is 6.78. The van der Waals surface area contributed by atoms with Crippen molar-refractivity contribution in [3.8, 4) is 0 Å². The molecule has 0 spiro atoms. The summed E-state index contributed by atoms with van der Waals surface area (Å²) >= 11 is 0. The third kappa shape index (κ3) is 6.20. The first-order valence-electron chi connectivity index (χ1n) is 6.18. The zero-order chi connectivity index (χ0) is 13.1. The van der Waals surface area contributed by atoms with Crippen molar-refractivity contribution >= 4 is 5.69 Å². The molecule has 0 amide bonds. The Morgan fingerprint density at radius 2 is 1.65 bits per heavy atom. The molecule has 17 heavy (non-hydrogen) atoms. The maximum atomic E-state index is 4.29. The molecule has 0 aliphatic carbocycles. The van der Waals surface area contributed by atoms with Crippen molar-refractivity contribution < 1.29 is 0 Å². The van der Waals surface area contributed by atoms with Crippen LogP contribution in [0.4, 0.5) is 5.69 Å². The van der Waals surface area contributed by atoms with Gasteiger partial charge in [0.25, 0.3) is 0 Å². The van der Waals surface area contributed by atoms with Crippen LogP contribution < -0.4 is 0 Å². The first-order chi connectivity index (χ1) is 7.66. The van der Waals surface area contributed by atoms with E-state index in [-0.39, 0.29) is 5.54 Å². The first-order valence-corrected chi connectivity index (χ1v) is 6.18. The van der Waals surface area contributed by atoms with Crippen molar-refractivity contribution in [2.75, 3.05) is 0 Å². The van der Waals surface area contributed by atoms with Crippen LogP contribution in [0.5, 0.6) is 0 Å². The summed E-state index contributed by atoms with van der Waals surface area (Å²) in [5.41, 5.74) is 2.46. The molecule has 0 radical (unpaired) electrons. The van der Waals surface area contributed by atoms with E-state index < -0.39 is 0 Å². The number of rotatable bonds is 2. The fourth-order valence-corrected chi connectivity index (χ4v) is 1.55. The number of azo groups is 1. The number of nitrogens with zero attached hydrogens (tertiary/aromatic N) is 2. The molecule has 0 heterocycles. The quantitative estimate of drug-likeness (QED) is 0.629. The van der Waals surface area contributed by atoms with E-state index in [0.29, 0.717) is 5.41 Å². The van der Waals surface area contributed by atoms with Gasteiger partial charge >= 0.3 is 0 Å². The Kier molecular flexibility index (Phi) is 4.07. The Morgan fingerprint density at radius 3 is 2.18 bits per heavy atom. The highest BCUT2D eigenvalue weighted by atomic mass is 15.1. The standard InChI is InChI=1S/C15H24N2/c1-14(2,3)11-12-8-7-9-13(10-12)16-17-15(4,5)6/h7-10H,11H2,1-6H3/b17-16+. The van der Waals surface area contributed by atoms with E-state index in [0.717, 1.165) is 12.1 Å². The van der Waals surface area contributed by atoms with Crippen LogP contribution in [0, 0.1) is 5.41 Å². The zero-order valence-corrected chi connectivity index (χ0v) is 11.9. The summed E-state index contributed by atoms with van der Waals surface area (Å²) in [6.45, 7) is 12.9. The summed E-state index contributed by atoms with van der Waals surface area (Å²) in [5.74, 6) is 0. The summed E-state index contributed by atoms with van der Waals surface area (Å²) < 4.78 is 0. The van der Waals surface area contributed by atoms with Crippen LogP contribution in [0.25, 0.3) is 0 Å². The van der Waals surface area contributed by atoms with Gasteiger partial charge in [-0.1, -0.05) is 32.9 Å². The summed E-state index contributed by atoms with van der Waals surface area (Å²) in [4.78, 5) is 0. The molecule has 2 nitrogen and oxygen atoms in total. The molecule has 1 aromatic carbocycles. The van der Waals surface area contributed by atoms with Gasteiger partial charge in [0.1, 0.15) is 0 Å². The fourth-order valence-electron chi connectivity index (χ4n) is 1.55. The maximum absolute atomic E-state index is 4.29. The minimum absolute atomic E-state index is 0.111. The molecule has 0 N–H and O–H groups in total. The SMILES string of the molecule is CC(C)(C)Cc1cccc(/N=N/C(C)(C)C)c1. The third-order valence-electron chi connectivity index (χ3n) is 2.11. The van der Waals surface area contributed by atoms with Gasteiger partial charge in [0.05, 0.1) is 11.2 Å². The van der Waals surface area contributed by atoms with Gasteiger partial charge < -0.3 is 0 Å².